The lowest BCUT2D eigenvalue weighted by Gasteiger charge is -2.14. The van der Waals surface area contributed by atoms with Crippen LogP contribution in [0.5, 0.6) is 0 Å². The molecule has 0 bridgehead atoms. The molecule has 1 aliphatic heterocycles. The Morgan fingerprint density at radius 1 is 1.57 bits per heavy atom. The van der Waals surface area contributed by atoms with Crippen LogP contribution in [0.15, 0.2) is 36.8 Å². The van der Waals surface area contributed by atoms with Crippen molar-refractivity contribution in [2.75, 3.05) is 0 Å². The second-order valence-corrected chi connectivity index (χ2v) is 2.79. The molecule has 0 radical (unpaired) electrons. The molecule has 0 fully saturated rings. The highest BCUT2D eigenvalue weighted by Gasteiger charge is 2.11. The number of carbonyl (C=O) groups excluding carboxylic acids is 1. The topological polar surface area (TPSA) is 70.1 Å². The summed E-state index contributed by atoms with van der Waals surface area (Å²) in [7, 11) is 0. The molecule has 1 atom stereocenters. The van der Waals surface area contributed by atoms with Crippen LogP contribution in [0, 0.1) is 0 Å². The van der Waals surface area contributed by atoms with Crippen LogP contribution in [-0.2, 0) is 4.74 Å². The van der Waals surface area contributed by atoms with Gasteiger partial charge >= 0.3 is 0 Å². The molecule has 72 valence electrons. The first kappa shape index (κ1) is 8.55. The van der Waals surface area contributed by atoms with E-state index in [1.807, 2.05) is 12.2 Å². The number of rotatable bonds is 2. The van der Waals surface area contributed by atoms with Crippen LogP contribution in [0.1, 0.15) is 16.7 Å². The van der Waals surface area contributed by atoms with Crippen LogP contribution in [0.4, 0.5) is 0 Å². The second kappa shape index (κ2) is 3.37. The minimum Gasteiger partial charge on any atom is -0.473 e. The van der Waals surface area contributed by atoms with Gasteiger partial charge in [0.25, 0.3) is 5.91 Å². The Morgan fingerprint density at radius 3 is 3.00 bits per heavy atom. The van der Waals surface area contributed by atoms with Crippen molar-refractivity contribution in [3.8, 4) is 0 Å². The Labute approximate surface area is 80.5 Å². The third kappa shape index (κ3) is 1.52. The number of nitrogens with zero attached hydrogens (tertiary/aromatic N) is 2. The molecule has 1 unspecified atom stereocenters. The van der Waals surface area contributed by atoms with Crippen LogP contribution in [0.25, 0.3) is 0 Å². The van der Waals surface area contributed by atoms with E-state index in [9.17, 15) is 4.79 Å². The molecule has 1 amide bonds. The summed E-state index contributed by atoms with van der Waals surface area (Å²) < 4.78 is 6.77. The standard InChI is InChI=1S/C9H9N3O2/c10-9(13)7-4-5-12(11-7)8-3-1-2-6-14-8/h1-6,8H,(H2,10,13). The predicted molar refractivity (Wildman–Crippen MR) is 49.1 cm³/mol. The van der Waals surface area contributed by atoms with Gasteiger partial charge in [0.15, 0.2) is 0 Å². The molecule has 2 N–H and O–H groups in total. The number of ether oxygens (including phenoxy) is 1. The first-order valence-electron chi connectivity index (χ1n) is 4.11. The van der Waals surface area contributed by atoms with Gasteiger partial charge in [-0.05, 0) is 18.2 Å². The smallest absolute Gasteiger partial charge is 0.269 e. The summed E-state index contributed by atoms with van der Waals surface area (Å²) in [6.45, 7) is 0. The Hall–Kier alpha value is -2.04. The Kier molecular flexibility index (Phi) is 2.06. The number of hydrogen-bond donors (Lipinski definition) is 1. The fraction of sp³-hybridized carbons (Fsp3) is 0.111. The highest BCUT2D eigenvalue weighted by molar-refractivity contribution is 5.90. The molecule has 0 aliphatic carbocycles. The second-order valence-electron chi connectivity index (χ2n) is 2.79. The molecule has 2 rings (SSSR count). The SMILES string of the molecule is NC(=O)c1ccn(C2C=CC=CO2)n1. The number of aromatic nitrogens is 2. The Morgan fingerprint density at radius 2 is 2.43 bits per heavy atom. The van der Waals surface area contributed by atoms with E-state index in [1.54, 1.807) is 24.6 Å². The third-order valence-electron chi connectivity index (χ3n) is 1.80. The maximum absolute atomic E-state index is 10.8. The van der Waals surface area contributed by atoms with Crippen LogP contribution in [0.3, 0.4) is 0 Å². The van der Waals surface area contributed by atoms with Gasteiger partial charge in [0.1, 0.15) is 5.69 Å². The maximum Gasteiger partial charge on any atom is 0.269 e. The summed E-state index contributed by atoms with van der Waals surface area (Å²) in [5.74, 6) is -0.543. The van der Waals surface area contributed by atoms with E-state index in [-0.39, 0.29) is 11.9 Å². The highest BCUT2D eigenvalue weighted by Crippen LogP contribution is 2.13. The normalized spacial score (nSPS) is 19.3. The van der Waals surface area contributed by atoms with Gasteiger partial charge in [-0.2, -0.15) is 5.10 Å². The Bertz CT molecular complexity index is 406. The fourth-order valence-electron chi connectivity index (χ4n) is 1.14. The lowest BCUT2D eigenvalue weighted by molar-refractivity contribution is 0.0977. The van der Waals surface area contributed by atoms with Gasteiger partial charge in [-0.15, -0.1) is 0 Å². The molecule has 5 nitrogen and oxygen atoms in total. The fourth-order valence-corrected chi connectivity index (χ4v) is 1.14. The maximum atomic E-state index is 10.8. The van der Waals surface area contributed by atoms with Gasteiger partial charge in [-0.25, -0.2) is 4.68 Å². The minimum absolute atomic E-state index is 0.233. The monoisotopic (exact) mass is 191 g/mol. The largest absolute Gasteiger partial charge is 0.473 e. The van der Waals surface area contributed by atoms with E-state index in [0.29, 0.717) is 0 Å². The number of nitrogens with two attached hydrogens (primary N) is 1. The molecule has 0 aromatic carbocycles. The number of allylic oxidation sites excluding steroid dienone is 2. The minimum atomic E-state index is -0.543. The van der Waals surface area contributed by atoms with E-state index in [2.05, 4.69) is 5.10 Å². The summed E-state index contributed by atoms with van der Waals surface area (Å²) in [4.78, 5) is 10.8. The number of primary amides is 1. The molecule has 0 spiro atoms. The quantitative estimate of drug-likeness (QED) is 0.743. The van der Waals surface area contributed by atoms with Crippen molar-refractivity contribution in [3.63, 3.8) is 0 Å². The first-order chi connectivity index (χ1) is 6.77. The molecule has 1 aromatic rings. The zero-order valence-electron chi connectivity index (χ0n) is 7.33. The molecule has 1 aromatic heterocycles. The third-order valence-corrected chi connectivity index (χ3v) is 1.80. The molecule has 0 saturated heterocycles. The summed E-state index contributed by atoms with van der Waals surface area (Å²) in [6, 6.07) is 1.55. The summed E-state index contributed by atoms with van der Waals surface area (Å²) >= 11 is 0. The molecular formula is C9H9N3O2. The van der Waals surface area contributed by atoms with E-state index >= 15 is 0 Å². The first-order valence-corrected chi connectivity index (χ1v) is 4.11. The van der Waals surface area contributed by atoms with Crippen molar-refractivity contribution in [2.45, 2.75) is 6.23 Å². The van der Waals surface area contributed by atoms with Crippen LogP contribution < -0.4 is 5.73 Å². The highest BCUT2D eigenvalue weighted by atomic mass is 16.5. The van der Waals surface area contributed by atoms with Gasteiger partial charge in [-0.1, -0.05) is 6.08 Å². The van der Waals surface area contributed by atoms with E-state index in [0.717, 1.165) is 0 Å². The lowest BCUT2D eigenvalue weighted by Crippen LogP contribution is -2.15. The molecule has 1 aliphatic rings. The van der Waals surface area contributed by atoms with Crippen molar-refractivity contribution in [1.82, 2.24) is 9.78 Å². The summed E-state index contributed by atoms with van der Waals surface area (Å²) in [5.41, 5.74) is 5.30. The average Bonchev–Trinajstić information content (AvgIpc) is 2.68. The summed E-state index contributed by atoms with van der Waals surface area (Å²) in [6.07, 6.45) is 8.35. The summed E-state index contributed by atoms with van der Waals surface area (Å²) in [5, 5.41) is 3.97. The van der Waals surface area contributed by atoms with Crippen molar-refractivity contribution in [3.05, 3.63) is 42.4 Å². The number of amides is 1. The van der Waals surface area contributed by atoms with E-state index < -0.39 is 5.91 Å². The number of hydrogen-bond acceptors (Lipinski definition) is 3. The zero-order chi connectivity index (χ0) is 9.97. The zero-order valence-corrected chi connectivity index (χ0v) is 7.33. The molecule has 5 heteroatoms. The molecule has 2 heterocycles. The molecular weight excluding hydrogens is 182 g/mol. The van der Waals surface area contributed by atoms with Crippen molar-refractivity contribution >= 4 is 5.91 Å². The van der Waals surface area contributed by atoms with E-state index in [1.165, 1.54) is 4.68 Å². The van der Waals surface area contributed by atoms with Crippen LogP contribution >= 0.6 is 0 Å². The molecule has 0 saturated carbocycles. The van der Waals surface area contributed by atoms with Gasteiger partial charge in [0.2, 0.25) is 6.23 Å². The van der Waals surface area contributed by atoms with E-state index in [4.69, 9.17) is 10.5 Å². The number of carbonyl (C=O) groups is 1. The Balaban J connectivity index is 2.20. The van der Waals surface area contributed by atoms with Crippen LogP contribution in [-0.4, -0.2) is 15.7 Å². The van der Waals surface area contributed by atoms with Crippen molar-refractivity contribution in [1.29, 1.82) is 0 Å². The van der Waals surface area contributed by atoms with Crippen molar-refractivity contribution in [2.24, 2.45) is 5.73 Å². The lowest BCUT2D eigenvalue weighted by atomic mass is 10.4. The predicted octanol–water partition coefficient (Wildman–Crippen LogP) is 0.581. The average molecular weight is 191 g/mol. The molecule has 14 heavy (non-hydrogen) atoms. The van der Waals surface area contributed by atoms with Crippen molar-refractivity contribution < 1.29 is 9.53 Å². The van der Waals surface area contributed by atoms with Gasteiger partial charge in [0, 0.05) is 6.20 Å². The van der Waals surface area contributed by atoms with Gasteiger partial charge in [-0.3, -0.25) is 4.79 Å². The van der Waals surface area contributed by atoms with Crippen LogP contribution in [0.2, 0.25) is 0 Å². The van der Waals surface area contributed by atoms with Gasteiger partial charge < -0.3 is 10.5 Å². The van der Waals surface area contributed by atoms with Gasteiger partial charge in [0.05, 0.1) is 6.26 Å².